The summed E-state index contributed by atoms with van der Waals surface area (Å²) in [6.45, 7) is 0. The largest absolute Gasteiger partial charge is 0.344 e. The van der Waals surface area contributed by atoms with Gasteiger partial charge < -0.3 is 19.3 Å². The van der Waals surface area contributed by atoms with Crippen LogP contribution in [0.15, 0.2) is 255 Å². The van der Waals surface area contributed by atoms with E-state index < -0.39 is 0 Å². The highest BCUT2D eigenvalue weighted by Gasteiger charge is 2.27. The van der Waals surface area contributed by atoms with E-state index in [2.05, 4.69) is 288 Å². The molecule has 0 radical (unpaired) electrons. The van der Waals surface area contributed by atoms with Crippen molar-refractivity contribution in [3.8, 4) is 33.4 Å². The van der Waals surface area contributed by atoms with Crippen LogP contribution in [-0.2, 0) is 7.05 Å². The highest BCUT2D eigenvalue weighted by molar-refractivity contribution is 6.28. The fourth-order valence-electron chi connectivity index (χ4n) is 11.8. The Bertz CT molecular complexity index is 4160. The van der Waals surface area contributed by atoms with Crippen molar-refractivity contribution in [1.29, 1.82) is 0 Å². The lowest BCUT2D eigenvalue weighted by molar-refractivity contribution is 1.01. The zero-order valence-corrected chi connectivity index (χ0v) is 40.0. The van der Waals surface area contributed by atoms with E-state index in [0.29, 0.717) is 0 Å². The van der Waals surface area contributed by atoms with Crippen molar-refractivity contribution in [1.82, 2.24) is 4.57 Å². The fourth-order valence-corrected chi connectivity index (χ4v) is 11.8. The van der Waals surface area contributed by atoms with Crippen LogP contribution in [0.2, 0.25) is 0 Å². The molecule has 340 valence electrons. The van der Waals surface area contributed by atoms with Crippen LogP contribution in [0.3, 0.4) is 0 Å². The molecule has 0 saturated carbocycles. The minimum Gasteiger partial charge on any atom is -0.344 e. The minimum atomic E-state index is 1.12. The molecule has 12 aromatic carbocycles. The molecule has 4 nitrogen and oxygen atoms in total. The van der Waals surface area contributed by atoms with Crippen molar-refractivity contribution < 1.29 is 0 Å². The van der Waals surface area contributed by atoms with Crippen LogP contribution >= 0.6 is 0 Å². The molecule has 0 spiro atoms. The van der Waals surface area contributed by atoms with E-state index in [0.717, 1.165) is 34.1 Å². The molecule has 0 N–H and O–H groups in total. The second-order valence-corrected chi connectivity index (χ2v) is 19.0. The summed E-state index contributed by atoms with van der Waals surface area (Å²) in [6.07, 6.45) is 0. The lowest BCUT2D eigenvalue weighted by atomic mass is 9.87. The number of hydrogen-bond donors (Lipinski definition) is 0. The SMILES string of the molecule is CN1c2cc(-c3ccc(N(c4ccccc4)c4ccccc4)c4ccccc34)ccc2-c2cc3c(c4cccc1c24)c1ccc(-c2ccc(N(c4ccccc4)c4ccccc4)c4ccccc24)cc1n3C. The number of fused-ring (bicyclic) bond motifs is 8. The van der Waals surface area contributed by atoms with Gasteiger partial charge in [0.05, 0.1) is 16.9 Å². The van der Waals surface area contributed by atoms with E-state index in [-0.39, 0.29) is 0 Å². The third-order valence-electron chi connectivity index (χ3n) is 15.1. The summed E-state index contributed by atoms with van der Waals surface area (Å²) in [5.74, 6) is 0. The first-order chi connectivity index (χ1) is 35.6. The summed E-state index contributed by atoms with van der Waals surface area (Å²) in [4.78, 5) is 7.13. The zero-order chi connectivity index (χ0) is 47.9. The van der Waals surface area contributed by atoms with Crippen LogP contribution in [0.5, 0.6) is 0 Å². The Morgan fingerprint density at radius 3 is 1.25 bits per heavy atom. The van der Waals surface area contributed by atoms with Gasteiger partial charge in [0.1, 0.15) is 0 Å². The molecule has 1 aromatic heterocycles. The Balaban J connectivity index is 0.889. The number of para-hydroxylation sites is 4. The Kier molecular flexibility index (Phi) is 9.62. The summed E-state index contributed by atoms with van der Waals surface area (Å²) in [5, 5.41) is 9.97. The second kappa shape index (κ2) is 16.6. The molecule has 1 aliphatic heterocycles. The summed E-state index contributed by atoms with van der Waals surface area (Å²) in [7, 11) is 4.47. The first-order valence-electron chi connectivity index (χ1n) is 24.8. The standard InChI is InChI=1S/C68H48N4/c1-69-63-33-19-32-59-67-58-37-35-46(52-39-41-62(56-31-18-16-29-54(52)56)72(49-24-11-5-12-25-49)50-26-13-6-14-27-50)43-65(58)70(2)66(67)44-60(68(59)63)57-36-34-45(42-64(57)69)51-38-40-61(55-30-17-15-28-53(51)55)71(47-20-7-3-8-21-47)48-22-9-4-10-23-48/h3-44H,1-2H3. The highest BCUT2D eigenvalue weighted by Crippen LogP contribution is 2.52. The van der Waals surface area contributed by atoms with E-state index in [4.69, 9.17) is 0 Å². The molecular formula is C68H48N4. The van der Waals surface area contributed by atoms with Gasteiger partial charge in [0.15, 0.2) is 0 Å². The predicted octanol–water partition coefficient (Wildman–Crippen LogP) is 18.8. The van der Waals surface area contributed by atoms with Crippen LogP contribution in [-0.4, -0.2) is 11.6 Å². The van der Waals surface area contributed by atoms with Crippen molar-refractivity contribution in [3.05, 3.63) is 255 Å². The summed E-state index contributed by atoms with van der Waals surface area (Å²) >= 11 is 0. The first kappa shape index (κ1) is 41.6. The molecular weight excluding hydrogens is 873 g/mol. The molecule has 0 atom stereocenters. The number of hydrogen-bond acceptors (Lipinski definition) is 3. The Morgan fingerprint density at radius 2 is 0.722 bits per heavy atom. The van der Waals surface area contributed by atoms with Crippen LogP contribution in [0.4, 0.5) is 45.5 Å². The Labute approximate surface area is 419 Å². The Hall–Kier alpha value is -9.38. The molecule has 72 heavy (non-hydrogen) atoms. The number of rotatable bonds is 8. The molecule has 0 bridgehead atoms. The molecule has 0 saturated heterocycles. The molecule has 0 unspecified atom stereocenters. The lowest BCUT2D eigenvalue weighted by Crippen LogP contribution is -2.15. The van der Waals surface area contributed by atoms with Gasteiger partial charge in [0.25, 0.3) is 0 Å². The molecule has 0 fully saturated rings. The van der Waals surface area contributed by atoms with Gasteiger partial charge in [0.2, 0.25) is 0 Å². The van der Waals surface area contributed by atoms with Gasteiger partial charge >= 0.3 is 0 Å². The van der Waals surface area contributed by atoms with Gasteiger partial charge in [-0.25, -0.2) is 0 Å². The average molecular weight is 921 g/mol. The topological polar surface area (TPSA) is 14.7 Å². The van der Waals surface area contributed by atoms with E-state index in [1.54, 1.807) is 0 Å². The fraction of sp³-hybridized carbons (Fsp3) is 0.0294. The maximum absolute atomic E-state index is 2.45. The van der Waals surface area contributed by atoms with Crippen LogP contribution < -0.4 is 14.7 Å². The van der Waals surface area contributed by atoms with Gasteiger partial charge in [-0.1, -0.05) is 170 Å². The van der Waals surface area contributed by atoms with Crippen LogP contribution in [0, 0.1) is 0 Å². The number of aromatic nitrogens is 1. The van der Waals surface area contributed by atoms with E-state index >= 15 is 0 Å². The number of aryl methyl sites for hydroxylation is 1. The molecule has 4 heteroatoms. The normalized spacial score (nSPS) is 12.0. The van der Waals surface area contributed by atoms with Gasteiger partial charge in [0, 0.05) is 86.2 Å². The zero-order valence-electron chi connectivity index (χ0n) is 40.0. The third-order valence-corrected chi connectivity index (χ3v) is 15.1. The van der Waals surface area contributed by atoms with Gasteiger partial charge in [-0.3, -0.25) is 0 Å². The van der Waals surface area contributed by atoms with E-state index in [1.807, 2.05) is 0 Å². The smallest absolute Gasteiger partial charge is 0.0540 e. The monoisotopic (exact) mass is 920 g/mol. The first-order valence-corrected chi connectivity index (χ1v) is 24.8. The minimum absolute atomic E-state index is 1.12. The summed E-state index contributed by atoms with van der Waals surface area (Å²) in [5.41, 5.74) is 19.0. The summed E-state index contributed by atoms with van der Waals surface area (Å²) in [6, 6.07) is 93.0. The summed E-state index contributed by atoms with van der Waals surface area (Å²) < 4.78 is 2.41. The Morgan fingerprint density at radius 1 is 0.278 bits per heavy atom. The maximum Gasteiger partial charge on any atom is 0.0540 e. The molecule has 2 heterocycles. The molecule has 13 aromatic rings. The number of nitrogens with zero attached hydrogens (tertiary/aromatic N) is 4. The lowest BCUT2D eigenvalue weighted by Gasteiger charge is -2.31. The predicted molar refractivity (Wildman–Crippen MR) is 307 cm³/mol. The van der Waals surface area contributed by atoms with Crippen molar-refractivity contribution in [2.45, 2.75) is 0 Å². The van der Waals surface area contributed by atoms with Gasteiger partial charge in [-0.2, -0.15) is 0 Å². The highest BCUT2D eigenvalue weighted by atomic mass is 15.2. The average Bonchev–Trinajstić information content (AvgIpc) is 3.73. The molecule has 14 rings (SSSR count). The third kappa shape index (κ3) is 6.46. The number of anilines is 8. The van der Waals surface area contributed by atoms with E-state index in [9.17, 15) is 0 Å². The molecule has 1 aliphatic rings. The van der Waals surface area contributed by atoms with Crippen molar-refractivity contribution in [3.63, 3.8) is 0 Å². The molecule has 0 aliphatic carbocycles. The van der Waals surface area contributed by atoms with Crippen LogP contribution in [0.25, 0.3) is 87.5 Å². The van der Waals surface area contributed by atoms with Crippen molar-refractivity contribution in [2.75, 3.05) is 21.7 Å². The van der Waals surface area contributed by atoms with Gasteiger partial charge in [-0.15, -0.1) is 0 Å². The van der Waals surface area contributed by atoms with Crippen LogP contribution in [0.1, 0.15) is 0 Å². The number of benzene rings is 12. The second-order valence-electron chi connectivity index (χ2n) is 19.0. The van der Waals surface area contributed by atoms with Crippen molar-refractivity contribution >= 4 is 99.6 Å². The quantitative estimate of drug-likeness (QED) is 0.151. The van der Waals surface area contributed by atoms with Gasteiger partial charge in [-0.05, 0) is 129 Å². The van der Waals surface area contributed by atoms with Crippen molar-refractivity contribution in [2.24, 2.45) is 7.05 Å². The molecule has 0 amide bonds. The van der Waals surface area contributed by atoms with E-state index in [1.165, 1.54) is 98.9 Å². The maximum atomic E-state index is 2.45.